The Balaban J connectivity index is 2.96. The van der Waals surface area contributed by atoms with E-state index in [0.29, 0.717) is 0 Å². The van der Waals surface area contributed by atoms with Crippen LogP contribution in [0.4, 0.5) is 0 Å². The van der Waals surface area contributed by atoms with Crippen LogP contribution in [-0.2, 0) is 11.0 Å². The maximum Gasteiger partial charge on any atom is 0.127 e. The second-order valence-electron chi connectivity index (χ2n) is 2.88. The molecule has 0 aliphatic heterocycles. The summed E-state index contributed by atoms with van der Waals surface area (Å²) in [5, 5.41) is 0. The average Bonchev–Trinajstić information content (AvgIpc) is 2.03. The zero-order chi connectivity index (χ0) is 9.14. The summed E-state index contributed by atoms with van der Waals surface area (Å²) >= 11 is 0. The number of aryl methyl sites for hydroxylation is 1. The monoisotopic (exact) mass is 183 g/mol. The van der Waals surface area contributed by atoms with Gasteiger partial charge >= 0.3 is 0 Å². The molecule has 0 heterocycles. The van der Waals surface area contributed by atoms with E-state index in [1.165, 1.54) is 0 Å². The Labute approximate surface area is 75.8 Å². The summed E-state index contributed by atoms with van der Waals surface area (Å²) in [7, 11) is 2.60. The standard InChI is InChI=1S/C9H13NOS/c1-8-5-4-6-9(7-8)12(11)10(2)3/h4-7H,1-3H3. The summed E-state index contributed by atoms with van der Waals surface area (Å²) in [5.74, 6) is 0. The first-order valence-electron chi connectivity index (χ1n) is 3.77. The van der Waals surface area contributed by atoms with E-state index in [4.69, 9.17) is 0 Å². The molecule has 1 unspecified atom stereocenters. The van der Waals surface area contributed by atoms with Crippen LogP contribution in [0, 0.1) is 6.92 Å². The first kappa shape index (κ1) is 9.42. The van der Waals surface area contributed by atoms with Gasteiger partial charge in [-0.25, -0.2) is 8.51 Å². The van der Waals surface area contributed by atoms with E-state index in [2.05, 4.69) is 0 Å². The van der Waals surface area contributed by atoms with Crippen molar-refractivity contribution >= 4 is 11.0 Å². The van der Waals surface area contributed by atoms with Crippen molar-refractivity contribution in [2.75, 3.05) is 14.1 Å². The number of rotatable bonds is 2. The number of hydrogen-bond donors (Lipinski definition) is 0. The Hall–Kier alpha value is -0.670. The van der Waals surface area contributed by atoms with Crippen LogP contribution in [0.5, 0.6) is 0 Å². The van der Waals surface area contributed by atoms with E-state index in [1.807, 2.05) is 31.2 Å². The Morgan fingerprint density at radius 1 is 1.33 bits per heavy atom. The summed E-state index contributed by atoms with van der Waals surface area (Å²) in [5.41, 5.74) is 1.14. The minimum atomic E-state index is -1.01. The van der Waals surface area contributed by atoms with Crippen molar-refractivity contribution < 1.29 is 4.21 Å². The van der Waals surface area contributed by atoms with E-state index < -0.39 is 11.0 Å². The van der Waals surface area contributed by atoms with Crippen molar-refractivity contribution in [1.29, 1.82) is 0 Å². The maximum absolute atomic E-state index is 11.5. The Bertz CT molecular complexity index is 296. The lowest BCUT2D eigenvalue weighted by Crippen LogP contribution is -2.15. The van der Waals surface area contributed by atoms with E-state index in [9.17, 15) is 4.21 Å². The smallest absolute Gasteiger partial charge is 0.127 e. The second-order valence-corrected chi connectivity index (χ2v) is 4.58. The van der Waals surface area contributed by atoms with Gasteiger partial charge < -0.3 is 0 Å². The predicted octanol–water partition coefficient (Wildman–Crippen LogP) is 1.58. The highest BCUT2D eigenvalue weighted by Crippen LogP contribution is 2.09. The molecule has 1 aromatic rings. The van der Waals surface area contributed by atoms with Gasteiger partial charge in [0.2, 0.25) is 0 Å². The quantitative estimate of drug-likeness (QED) is 0.681. The summed E-state index contributed by atoms with van der Waals surface area (Å²) in [4.78, 5) is 0.861. The zero-order valence-electron chi connectivity index (χ0n) is 7.57. The molecule has 0 aromatic heterocycles. The lowest BCUT2D eigenvalue weighted by molar-refractivity contribution is 0.602. The third-order valence-corrected chi connectivity index (χ3v) is 2.84. The molecule has 1 aromatic carbocycles. The molecule has 3 heteroatoms. The Kier molecular flexibility index (Phi) is 3.00. The highest BCUT2D eigenvalue weighted by atomic mass is 32.2. The van der Waals surface area contributed by atoms with Crippen LogP contribution < -0.4 is 0 Å². The molecule has 12 heavy (non-hydrogen) atoms. The third kappa shape index (κ3) is 2.16. The van der Waals surface area contributed by atoms with Gasteiger partial charge in [-0.2, -0.15) is 0 Å². The van der Waals surface area contributed by atoms with Crippen molar-refractivity contribution in [3.8, 4) is 0 Å². The van der Waals surface area contributed by atoms with Crippen LogP contribution in [-0.4, -0.2) is 22.6 Å². The fourth-order valence-electron chi connectivity index (χ4n) is 0.935. The first-order chi connectivity index (χ1) is 5.61. The van der Waals surface area contributed by atoms with Crippen molar-refractivity contribution in [2.24, 2.45) is 0 Å². The van der Waals surface area contributed by atoms with Crippen molar-refractivity contribution in [3.63, 3.8) is 0 Å². The van der Waals surface area contributed by atoms with E-state index >= 15 is 0 Å². The zero-order valence-corrected chi connectivity index (χ0v) is 8.39. The highest BCUT2D eigenvalue weighted by molar-refractivity contribution is 7.82. The topological polar surface area (TPSA) is 20.3 Å². The summed E-state index contributed by atoms with van der Waals surface area (Å²) in [6.45, 7) is 2.00. The highest BCUT2D eigenvalue weighted by Gasteiger charge is 2.04. The SMILES string of the molecule is Cc1cccc(S(=O)N(C)C)c1. The number of benzene rings is 1. The summed E-state index contributed by atoms with van der Waals surface area (Å²) in [6, 6.07) is 7.74. The molecule has 0 saturated carbocycles. The number of nitrogens with zero attached hydrogens (tertiary/aromatic N) is 1. The van der Waals surface area contributed by atoms with Gasteiger partial charge in [0.1, 0.15) is 11.0 Å². The largest absolute Gasteiger partial charge is 0.237 e. The average molecular weight is 183 g/mol. The summed E-state index contributed by atoms with van der Waals surface area (Å²) < 4.78 is 13.2. The van der Waals surface area contributed by atoms with Gasteiger partial charge in [-0.1, -0.05) is 12.1 Å². The molecule has 0 aliphatic rings. The molecule has 66 valence electrons. The predicted molar refractivity (Wildman–Crippen MR) is 51.3 cm³/mol. The number of hydrogen-bond acceptors (Lipinski definition) is 1. The molecule has 0 spiro atoms. The molecule has 0 fully saturated rings. The van der Waals surface area contributed by atoms with Crippen LogP contribution in [0.1, 0.15) is 5.56 Å². The molecule has 0 radical (unpaired) electrons. The molecule has 0 amide bonds. The molecule has 0 aliphatic carbocycles. The molecule has 0 saturated heterocycles. The molecular formula is C9H13NOS. The van der Waals surface area contributed by atoms with Gasteiger partial charge in [0.05, 0.1) is 4.90 Å². The maximum atomic E-state index is 11.5. The molecule has 0 bridgehead atoms. The Morgan fingerprint density at radius 2 is 2.00 bits per heavy atom. The molecule has 2 nitrogen and oxygen atoms in total. The molecule has 0 N–H and O–H groups in total. The second kappa shape index (κ2) is 3.83. The van der Waals surface area contributed by atoms with Crippen molar-refractivity contribution in [1.82, 2.24) is 4.31 Å². The van der Waals surface area contributed by atoms with Crippen molar-refractivity contribution in [3.05, 3.63) is 29.8 Å². The minimum Gasteiger partial charge on any atom is -0.237 e. The lowest BCUT2D eigenvalue weighted by atomic mass is 10.2. The van der Waals surface area contributed by atoms with Gasteiger partial charge in [-0.15, -0.1) is 0 Å². The molecule has 1 atom stereocenters. The Morgan fingerprint density at radius 3 is 2.50 bits per heavy atom. The normalized spacial score (nSPS) is 13.3. The van der Waals surface area contributed by atoms with Gasteiger partial charge in [0.15, 0.2) is 0 Å². The van der Waals surface area contributed by atoms with E-state index in [0.717, 1.165) is 10.5 Å². The van der Waals surface area contributed by atoms with E-state index in [1.54, 1.807) is 18.4 Å². The summed E-state index contributed by atoms with van der Waals surface area (Å²) in [6.07, 6.45) is 0. The van der Waals surface area contributed by atoms with Crippen LogP contribution in [0.3, 0.4) is 0 Å². The lowest BCUT2D eigenvalue weighted by Gasteiger charge is -2.08. The van der Waals surface area contributed by atoms with Crippen LogP contribution >= 0.6 is 0 Å². The third-order valence-electron chi connectivity index (χ3n) is 1.52. The molecule has 1 rings (SSSR count). The van der Waals surface area contributed by atoms with Gasteiger partial charge in [-0.05, 0) is 38.7 Å². The van der Waals surface area contributed by atoms with Crippen molar-refractivity contribution in [2.45, 2.75) is 11.8 Å². The van der Waals surface area contributed by atoms with Gasteiger partial charge in [0, 0.05) is 0 Å². The van der Waals surface area contributed by atoms with Gasteiger partial charge in [0.25, 0.3) is 0 Å². The van der Waals surface area contributed by atoms with E-state index in [-0.39, 0.29) is 0 Å². The van der Waals surface area contributed by atoms with Crippen LogP contribution in [0.15, 0.2) is 29.2 Å². The minimum absolute atomic E-state index is 0.861. The fraction of sp³-hybridized carbons (Fsp3) is 0.333. The molecular weight excluding hydrogens is 170 g/mol. The van der Waals surface area contributed by atoms with Gasteiger partial charge in [-0.3, -0.25) is 0 Å². The van der Waals surface area contributed by atoms with Crippen LogP contribution in [0.25, 0.3) is 0 Å². The van der Waals surface area contributed by atoms with Crippen LogP contribution in [0.2, 0.25) is 0 Å². The fourth-order valence-corrected chi connectivity index (χ4v) is 1.84. The first-order valence-corrected chi connectivity index (χ1v) is 4.88.